The summed E-state index contributed by atoms with van der Waals surface area (Å²) >= 11 is 0. The molecule has 3 aliphatic heterocycles. The van der Waals surface area contributed by atoms with Gasteiger partial charge < -0.3 is 19.8 Å². The molecule has 3 amide bonds. The van der Waals surface area contributed by atoms with Crippen molar-refractivity contribution in [3.05, 3.63) is 35.9 Å². The summed E-state index contributed by atoms with van der Waals surface area (Å²) in [6.45, 7) is 1.96. The average molecular weight is 385 g/mol. The SMILES string of the molecule is CN1C(=O)NC(=O)C2C1N=C(N1CCC(Cc3ccccc3)CC1)N2CCO. The molecule has 2 saturated heterocycles. The van der Waals surface area contributed by atoms with Crippen molar-refractivity contribution in [2.45, 2.75) is 31.5 Å². The van der Waals surface area contributed by atoms with Gasteiger partial charge in [0.2, 0.25) is 0 Å². The molecule has 0 saturated carbocycles. The van der Waals surface area contributed by atoms with Gasteiger partial charge in [0.05, 0.1) is 6.61 Å². The van der Waals surface area contributed by atoms with Gasteiger partial charge in [-0.05, 0) is 30.7 Å². The average Bonchev–Trinajstić information content (AvgIpc) is 3.08. The van der Waals surface area contributed by atoms with Gasteiger partial charge in [-0.1, -0.05) is 30.3 Å². The van der Waals surface area contributed by atoms with Gasteiger partial charge in [-0.25, -0.2) is 9.79 Å². The van der Waals surface area contributed by atoms with E-state index in [1.807, 2.05) is 11.0 Å². The van der Waals surface area contributed by atoms with Crippen LogP contribution >= 0.6 is 0 Å². The van der Waals surface area contributed by atoms with Gasteiger partial charge in [-0.3, -0.25) is 10.1 Å². The number of imide groups is 1. The molecule has 1 aromatic rings. The molecule has 0 bridgehead atoms. The molecule has 28 heavy (non-hydrogen) atoms. The number of hydrogen-bond donors (Lipinski definition) is 2. The summed E-state index contributed by atoms with van der Waals surface area (Å²) in [4.78, 5) is 34.6. The maximum atomic E-state index is 12.4. The minimum atomic E-state index is -0.577. The molecule has 2 unspecified atom stereocenters. The lowest BCUT2D eigenvalue weighted by Crippen LogP contribution is -2.64. The molecule has 2 N–H and O–H groups in total. The Balaban J connectivity index is 1.46. The standard InChI is InChI=1S/C20H27N5O3/c1-23-17-16(18(27)22-20(23)28)25(11-12-26)19(21-17)24-9-7-15(8-10-24)13-14-5-3-2-4-6-14/h2-6,15-17,26H,7-13H2,1H3,(H,22,27,28). The first kappa shape index (κ1) is 18.7. The Kier molecular flexibility index (Phi) is 5.21. The Bertz CT molecular complexity index is 760. The van der Waals surface area contributed by atoms with E-state index in [4.69, 9.17) is 4.99 Å². The lowest BCUT2D eigenvalue weighted by atomic mass is 9.90. The van der Waals surface area contributed by atoms with Crippen LogP contribution in [0.1, 0.15) is 18.4 Å². The highest BCUT2D eigenvalue weighted by Crippen LogP contribution is 2.28. The number of benzene rings is 1. The number of fused-ring (bicyclic) bond motifs is 1. The molecule has 0 aliphatic carbocycles. The van der Waals surface area contributed by atoms with E-state index >= 15 is 0 Å². The Morgan fingerprint density at radius 2 is 1.89 bits per heavy atom. The third-order valence-electron chi connectivity index (χ3n) is 5.94. The number of carbonyl (C=O) groups excluding carboxylic acids is 2. The largest absolute Gasteiger partial charge is 0.395 e. The van der Waals surface area contributed by atoms with Crippen molar-refractivity contribution >= 4 is 17.9 Å². The lowest BCUT2D eigenvalue weighted by Gasteiger charge is -2.39. The van der Waals surface area contributed by atoms with Crippen molar-refractivity contribution in [1.29, 1.82) is 0 Å². The number of likely N-dealkylation sites (N-methyl/N-ethyl adjacent to an activating group) is 1. The van der Waals surface area contributed by atoms with Crippen molar-refractivity contribution < 1.29 is 14.7 Å². The number of guanidine groups is 1. The summed E-state index contributed by atoms with van der Waals surface area (Å²) in [7, 11) is 1.65. The molecule has 8 heteroatoms. The van der Waals surface area contributed by atoms with Gasteiger partial charge in [0.25, 0.3) is 5.91 Å². The number of carbonyl (C=O) groups is 2. The summed E-state index contributed by atoms with van der Waals surface area (Å²) in [5, 5.41) is 11.9. The number of aliphatic hydroxyl groups excluding tert-OH is 1. The van der Waals surface area contributed by atoms with Crippen molar-refractivity contribution in [3.63, 3.8) is 0 Å². The molecule has 3 heterocycles. The second kappa shape index (κ2) is 7.79. The maximum absolute atomic E-state index is 12.4. The van der Waals surface area contributed by atoms with Crippen LogP contribution in [-0.4, -0.2) is 83.2 Å². The predicted octanol–water partition coefficient (Wildman–Crippen LogP) is 0.481. The molecule has 2 fully saturated rings. The minimum Gasteiger partial charge on any atom is -0.395 e. The summed E-state index contributed by atoms with van der Waals surface area (Å²) in [6.07, 6.45) is 2.64. The number of β-amino-alcohol motifs (C(OH)–C–C–N with tert-alkyl or cyclic N) is 1. The lowest BCUT2D eigenvalue weighted by molar-refractivity contribution is -0.127. The van der Waals surface area contributed by atoms with Crippen molar-refractivity contribution in [1.82, 2.24) is 20.0 Å². The highest BCUT2D eigenvalue weighted by Gasteiger charge is 2.49. The Hall–Kier alpha value is -2.61. The minimum absolute atomic E-state index is 0.0718. The smallest absolute Gasteiger partial charge is 0.325 e. The number of piperidine rings is 1. The zero-order valence-electron chi connectivity index (χ0n) is 16.1. The van der Waals surface area contributed by atoms with Crippen LogP contribution in [0.5, 0.6) is 0 Å². The monoisotopic (exact) mass is 385 g/mol. The van der Waals surface area contributed by atoms with Gasteiger partial charge in [0.15, 0.2) is 18.2 Å². The van der Waals surface area contributed by atoms with Crippen LogP contribution in [0, 0.1) is 5.92 Å². The van der Waals surface area contributed by atoms with Gasteiger partial charge >= 0.3 is 6.03 Å². The number of nitrogens with one attached hydrogen (secondary N) is 1. The first-order chi connectivity index (χ1) is 13.6. The number of likely N-dealkylation sites (tertiary alicyclic amines) is 1. The zero-order chi connectivity index (χ0) is 19.7. The number of urea groups is 1. The molecular weight excluding hydrogens is 358 g/mol. The van der Waals surface area contributed by atoms with Crippen molar-refractivity contribution in [2.24, 2.45) is 10.9 Å². The van der Waals surface area contributed by atoms with E-state index in [-0.39, 0.29) is 12.5 Å². The van der Waals surface area contributed by atoms with E-state index in [2.05, 4.69) is 34.5 Å². The topological polar surface area (TPSA) is 88.5 Å². The van der Waals surface area contributed by atoms with E-state index in [9.17, 15) is 14.7 Å². The summed E-state index contributed by atoms with van der Waals surface area (Å²) in [5.41, 5.74) is 1.36. The number of amides is 3. The molecule has 3 aliphatic rings. The zero-order valence-corrected chi connectivity index (χ0v) is 16.1. The van der Waals surface area contributed by atoms with Gasteiger partial charge in [-0.15, -0.1) is 0 Å². The van der Waals surface area contributed by atoms with Crippen LogP contribution in [0.15, 0.2) is 35.3 Å². The Morgan fingerprint density at radius 3 is 2.57 bits per heavy atom. The second-order valence-corrected chi connectivity index (χ2v) is 7.73. The van der Waals surface area contributed by atoms with Crippen LogP contribution < -0.4 is 5.32 Å². The fourth-order valence-electron chi connectivity index (χ4n) is 4.41. The highest BCUT2D eigenvalue weighted by molar-refractivity contribution is 6.03. The second-order valence-electron chi connectivity index (χ2n) is 7.73. The van der Waals surface area contributed by atoms with E-state index in [0.717, 1.165) is 38.3 Å². The van der Waals surface area contributed by atoms with Crippen LogP contribution in [0.25, 0.3) is 0 Å². The highest BCUT2D eigenvalue weighted by atomic mass is 16.3. The van der Waals surface area contributed by atoms with Gasteiger partial charge in [-0.2, -0.15) is 0 Å². The number of nitrogens with zero attached hydrogens (tertiary/aromatic N) is 4. The normalized spacial score (nSPS) is 25.6. The third-order valence-corrected chi connectivity index (χ3v) is 5.94. The molecule has 2 atom stereocenters. The van der Waals surface area contributed by atoms with Crippen LogP contribution in [0.4, 0.5) is 4.79 Å². The Morgan fingerprint density at radius 1 is 1.18 bits per heavy atom. The number of hydrogen-bond acceptors (Lipinski definition) is 6. The van der Waals surface area contributed by atoms with E-state index in [1.54, 1.807) is 7.05 Å². The summed E-state index contributed by atoms with van der Waals surface area (Å²) in [5.74, 6) is 1.000. The van der Waals surface area contributed by atoms with Crippen LogP contribution in [0.2, 0.25) is 0 Å². The quantitative estimate of drug-likeness (QED) is 0.787. The van der Waals surface area contributed by atoms with E-state index in [0.29, 0.717) is 12.5 Å². The van der Waals surface area contributed by atoms with Gasteiger partial charge in [0, 0.05) is 26.7 Å². The molecule has 4 rings (SSSR count). The Labute approximate surface area is 164 Å². The maximum Gasteiger partial charge on any atom is 0.325 e. The first-order valence-corrected chi connectivity index (χ1v) is 9.90. The molecule has 0 spiro atoms. The molecule has 0 radical (unpaired) electrons. The fourth-order valence-corrected chi connectivity index (χ4v) is 4.41. The number of rotatable bonds is 4. The fraction of sp³-hybridized carbons (Fsp3) is 0.550. The summed E-state index contributed by atoms with van der Waals surface area (Å²) < 4.78 is 0. The van der Waals surface area contributed by atoms with E-state index in [1.165, 1.54) is 10.5 Å². The van der Waals surface area contributed by atoms with E-state index < -0.39 is 18.2 Å². The predicted molar refractivity (Wildman–Crippen MR) is 105 cm³/mol. The summed E-state index contributed by atoms with van der Waals surface area (Å²) in [6, 6.07) is 9.54. The first-order valence-electron chi connectivity index (χ1n) is 9.90. The number of aliphatic imine (C=N–C) groups is 1. The van der Waals surface area contributed by atoms with Crippen LogP contribution in [0.3, 0.4) is 0 Å². The molecule has 0 aromatic heterocycles. The molecule has 1 aromatic carbocycles. The molecular formula is C20H27N5O3. The molecule has 8 nitrogen and oxygen atoms in total. The van der Waals surface area contributed by atoms with Gasteiger partial charge in [0.1, 0.15) is 0 Å². The van der Waals surface area contributed by atoms with Crippen LogP contribution in [-0.2, 0) is 11.2 Å². The van der Waals surface area contributed by atoms with Crippen molar-refractivity contribution in [3.8, 4) is 0 Å². The van der Waals surface area contributed by atoms with Crippen molar-refractivity contribution in [2.75, 3.05) is 33.3 Å². The third kappa shape index (κ3) is 3.44. The number of aliphatic hydroxyl groups is 1. The molecule has 150 valence electrons.